The second kappa shape index (κ2) is 18.0. The molecule has 0 aromatic rings. The average molecular weight is 318 g/mol. The van der Waals surface area contributed by atoms with Crippen LogP contribution in [0.4, 0.5) is 0 Å². The van der Waals surface area contributed by atoms with Crippen molar-refractivity contribution >= 4 is 106 Å². The van der Waals surface area contributed by atoms with Crippen LogP contribution in [0.5, 0.6) is 0 Å². The molecule has 9 heteroatoms. The molecule has 0 aliphatic carbocycles. The molecule has 0 aromatic carbocycles. The van der Waals surface area contributed by atoms with Crippen LogP contribution in [-0.4, -0.2) is 116 Å². The van der Waals surface area contributed by atoms with Crippen LogP contribution in [0.2, 0.25) is 0 Å². The number of hydrogen-bond donors (Lipinski definition) is 2. The first-order valence-corrected chi connectivity index (χ1v) is 7.76. The van der Waals surface area contributed by atoms with Crippen LogP contribution >= 0.6 is 35.3 Å². The van der Waals surface area contributed by atoms with Crippen LogP contribution in [0.1, 0.15) is 0 Å². The molecule has 0 amide bonds. The van der Waals surface area contributed by atoms with Gasteiger partial charge in [-0.2, -0.15) is 11.8 Å². The Balaban J connectivity index is -0.000000980. The molecule has 17 heavy (non-hydrogen) atoms. The molecular weight excluding hydrogens is 302 g/mol. The van der Waals surface area contributed by atoms with E-state index in [-0.39, 0.29) is 70.6 Å². The van der Waals surface area contributed by atoms with Gasteiger partial charge in [0.1, 0.15) is 0 Å². The average Bonchev–Trinajstić information content (AvgIpc) is 2.14. The van der Waals surface area contributed by atoms with E-state index in [0.29, 0.717) is 0 Å². The first-order chi connectivity index (χ1) is 7.13. The first kappa shape index (κ1) is 24.0. The van der Waals surface area contributed by atoms with Gasteiger partial charge in [0.2, 0.25) is 0 Å². The van der Waals surface area contributed by atoms with Crippen LogP contribution in [0.15, 0.2) is 0 Å². The predicted octanol–water partition coefficient (Wildman–Crippen LogP) is 0.0582. The van der Waals surface area contributed by atoms with E-state index in [1.54, 1.807) is 11.8 Å². The van der Waals surface area contributed by atoms with E-state index >= 15 is 0 Å². The standard InChI is InChI=1S/C8H14O4S3.2Na.2H/c9-7(10)5-14-3-1-13-2-4-15-6-8(11)12;;;;/h1-6H2,(H,9,10)(H,11,12);;;;. The molecule has 0 aromatic heterocycles. The molecule has 0 heterocycles. The fraction of sp³-hybridized carbons (Fsp3) is 0.750. The quantitative estimate of drug-likeness (QED) is 0.436. The summed E-state index contributed by atoms with van der Waals surface area (Å²) >= 11 is 4.55. The molecule has 0 aliphatic heterocycles. The van der Waals surface area contributed by atoms with Crippen LogP contribution in [-0.2, 0) is 9.59 Å². The van der Waals surface area contributed by atoms with Gasteiger partial charge in [0.15, 0.2) is 0 Å². The molecule has 92 valence electrons. The Kier molecular flexibility index (Phi) is 25.4. The van der Waals surface area contributed by atoms with Crippen LogP contribution < -0.4 is 0 Å². The van der Waals surface area contributed by atoms with Gasteiger partial charge in [-0.05, 0) is 0 Å². The number of hydrogen-bond acceptors (Lipinski definition) is 5. The van der Waals surface area contributed by atoms with Crippen molar-refractivity contribution in [1.29, 1.82) is 0 Å². The zero-order valence-electron chi connectivity index (χ0n) is 8.18. The van der Waals surface area contributed by atoms with Gasteiger partial charge in [0.25, 0.3) is 0 Å². The van der Waals surface area contributed by atoms with Crippen LogP contribution in [0.25, 0.3) is 0 Å². The van der Waals surface area contributed by atoms with Crippen molar-refractivity contribution in [2.75, 3.05) is 34.5 Å². The summed E-state index contributed by atoms with van der Waals surface area (Å²) in [4.78, 5) is 20.3. The number of thioether (sulfide) groups is 3. The molecule has 0 saturated heterocycles. The Hall–Kier alpha value is 1.99. The van der Waals surface area contributed by atoms with E-state index in [2.05, 4.69) is 0 Å². The van der Waals surface area contributed by atoms with E-state index in [9.17, 15) is 9.59 Å². The van der Waals surface area contributed by atoms with Crippen molar-refractivity contribution in [2.24, 2.45) is 0 Å². The van der Waals surface area contributed by atoms with E-state index in [1.807, 2.05) is 0 Å². The molecule has 0 radical (unpaired) electrons. The molecule has 2 N–H and O–H groups in total. The van der Waals surface area contributed by atoms with Crippen molar-refractivity contribution in [2.45, 2.75) is 0 Å². The van der Waals surface area contributed by atoms with Gasteiger partial charge in [-0.3, -0.25) is 9.59 Å². The molecule has 0 spiro atoms. The Morgan fingerprint density at radius 2 is 1.00 bits per heavy atom. The number of rotatable bonds is 10. The minimum absolute atomic E-state index is 0. The summed E-state index contributed by atoms with van der Waals surface area (Å²) in [6.45, 7) is 0. The topological polar surface area (TPSA) is 74.6 Å². The summed E-state index contributed by atoms with van der Waals surface area (Å²) < 4.78 is 0. The predicted molar refractivity (Wildman–Crippen MR) is 81.5 cm³/mol. The van der Waals surface area contributed by atoms with Gasteiger partial charge in [-0.1, -0.05) is 0 Å². The van der Waals surface area contributed by atoms with Crippen molar-refractivity contribution in [3.05, 3.63) is 0 Å². The molecule has 0 atom stereocenters. The van der Waals surface area contributed by atoms with Crippen LogP contribution in [0.3, 0.4) is 0 Å². The molecule has 0 bridgehead atoms. The molecule has 0 unspecified atom stereocenters. The number of carboxylic acid groups (broad SMARTS) is 2. The van der Waals surface area contributed by atoms with E-state index in [0.717, 1.165) is 23.0 Å². The second-order valence-electron chi connectivity index (χ2n) is 2.51. The zero-order chi connectivity index (χ0) is 11.5. The number of aliphatic carboxylic acids is 2. The Morgan fingerprint density at radius 1 is 0.706 bits per heavy atom. The summed E-state index contributed by atoms with van der Waals surface area (Å²) in [5.41, 5.74) is 0. The maximum absolute atomic E-state index is 10.2. The summed E-state index contributed by atoms with van der Waals surface area (Å²) in [5, 5.41) is 16.7. The third kappa shape index (κ3) is 23.5. The van der Waals surface area contributed by atoms with Gasteiger partial charge in [-0.25, -0.2) is 0 Å². The van der Waals surface area contributed by atoms with Crippen molar-refractivity contribution in [1.82, 2.24) is 0 Å². The number of carboxylic acids is 2. The van der Waals surface area contributed by atoms with Gasteiger partial charge >= 0.3 is 71.1 Å². The zero-order valence-corrected chi connectivity index (χ0v) is 10.6. The molecule has 0 rings (SSSR count). The molecule has 4 nitrogen and oxygen atoms in total. The van der Waals surface area contributed by atoms with Crippen molar-refractivity contribution < 1.29 is 19.8 Å². The Morgan fingerprint density at radius 3 is 1.29 bits per heavy atom. The monoisotopic (exact) mass is 318 g/mol. The van der Waals surface area contributed by atoms with Gasteiger partial charge in [0, 0.05) is 23.0 Å². The summed E-state index contributed by atoms with van der Waals surface area (Å²) in [5.74, 6) is 2.28. The first-order valence-electron chi connectivity index (χ1n) is 4.29. The SMILES string of the molecule is O=C(O)CSCCSCCSCC(=O)O.[NaH].[NaH]. The van der Waals surface area contributed by atoms with Crippen LogP contribution in [0, 0.1) is 0 Å². The second-order valence-corrected chi connectivity index (χ2v) is 5.94. The minimum atomic E-state index is -0.776. The number of carbonyl (C=O) groups is 2. The fourth-order valence-corrected chi connectivity index (χ4v) is 3.38. The maximum atomic E-state index is 10.2. The molecule has 0 aliphatic rings. The van der Waals surface area contributed by atoms with E-state index in [1.165, 1.54) is 23.5 Å². The van der Waals surface area contributed by atoms with E-state index in [4.69, 9.17) is 10.2 Å². The normalized spacial score (nSPS) is 8.94. The van der Waals surface area contributed by atoms with Gasteiger partial charge in [-0.15, -0.1) is 23.5 Å². The summed E-state index contributed by atoms with van der Waals surface area (Å²) in [6.07, 6.45) is 0. The summed E-state index contributed by atoms with van der Waals surface area (Å²) in [6, 6.07) is 0. The van der Waals surface area contributed by atoms with Crippen molar-refractivity contribution in [3.63, 3.8) is 0 Å². The third-order valence-electron chi connectivity index (χ3n) is 1.20. The summed E-state index contributed by atoms with van der Waals surface area (Å²) in [7, 11) is 0. The van der Waals surface area contributed by atoms with E-state index < -0.39 is 11.9 Å². The van der Waals surface area contributed by atoms with Gasteiger partial charge in [0.05, 0.1) is 11.5 Å². The molecule has 0 fully saturated rings. The van der Waals surface area contributed by atoms with Crippen molar-refractivity contribution in [3.8, 4) is 0 Å². The Bertz CT molecular complexity index is 187. The van der Waals surface area contributed by atoms with Gasteiger partial charge < -0.3 is 10.2 Å². The molecular formula is C8H16Na2O4S3. The Labute approximate surface area is 158 Å². The molecule has 0 saturated carbocycles. The fourth-order valence-electron chi connectivity index (χ4n) is 0.657. The third-order valence-corrected chi connectivity index (χ3v) is 4.59.